The molecule has 0 saturated heterocycles. The first kappa shape index (κ1) is 13.4. The normalized spacial score (nSPS) is 10.5. The molecule has 0 saturated carbocycles. The quantitative estimate of drug-likeness (QED) is 0.486. The number of halogens is 4. The molecular formula is C6H9AlCl4S. The molecule has 0 aliphatic rings. The van der Waals surface area contributed by atoms with Crippen molar-refractivity contribution in [2.75, 3.05) is 0 Å². The maximum atomic E-state index is 4.99. The average molecular weight is 282 g/mol. The molecule has 0 spiro atoms. The summed E-state index contributed by atoms with van der Waals surface area (Å²) in [6.45, 7) is 4.29. The highest BCUT2D eigenvalue weighted by Gasteiger charge is 2.14. The summed E-state index contributed by atoms with van der Waals surface area (Å²) >= 11 is 1.41. The highest BCUT2D eigenvalue weighted by atomic mass is 35.9. The first-order chi connectivity index (χ1) is 5.29. The molecule has 0 atom stereocenters. The topological polar surface area (TPSA) is 0 Å². The predicted octanol–water partition coefficient (Wildman–Crippen LogP) is 4.47. The zero-order valence-electron chi connectivity index (χ0n) is 6.69. The molecule has 70 valence electrons. The van der Waals surface area contributed by atoms with Crippen LogP contribution in [0, 0.1) is 13.8 Å². The second kappa shape index (κ2) is 5.99. The van der Waals surface area contributed by atoms with Gasteiger partial charge in [-0.3, -0.25) is 0 Å². The van der Waals surface area contributed by atoms with E-state index in [9.17, 15) is 0 Å². The van der Waals surface area contributed by atoms with Crippen molar-refractivity contribution in [1.82, 2.24) is 0 Å². The number of aryl methyl sites for hydroxylation is 2. The highest BCUT2D eigenvalue weighted by Crippen LogP contribution is 2.23. The van der Waals surface area contributed by atoms with Crippen LogP contribution in [-0.4, -0.2) is 9.39 Å². The largest absolute Gasteiger partial charge is 0.564 e. The first-order valence-electron chi connectivity index (χ1n) is 3.23. The maximum Gasteiger partial charge on any atom is 0.564 e. The summed E-state index contributed by atoms with van der Waals surface area (Å²) < 4.78 is 0. The number of rotatable bonds is 0. The molecule has 0 fully saturated rings. The smallest absolute Gasteiger partial charge is 0.391 e. The van der Waals surface area contributed by atoms with E-state index >= 15 is 0 Å². The van der Waals surface area contributed by atoms with Gasteiger partial charge in [0.15, 0.2) is 0 Å². The second-order valence-electron chi connectivity index (χ2n) is 2.22. The monoisotopic (exact) mass is 280 g/mol. The fraction of sp³-hybridized carbons (Fsp3) is 0.333. The third-order valence-corrected chi connectivity index (χ3v) is 1.92. The highest BCUT2D eigenvalue weighted by molar-refractivity contribution is 7.81. The summed E-state index contributed by atoms with van der Waals surface area (Å²) in [7, 11) is 17.0. The van der Waals surface area contributed by atoms with E-state index in [0.717, 1.165) is 0 Å². The fourth-order valence-corrected chi connectivity index (χ4v) is 1.45. The minimum absolute atomic E-state index is 1.41. The van der Waals surface area contributed by atoms with E-state index in [1.807, 2.05) is 0 Å². The van der Waals surface area contributed by atoms with E-state index in [1.165, 1.54) is 21.1 Å². The molecule has 0 bridgehead atoms. The Morgan fingerprint density at radius 2 is 1.25 bits per heavy atom. The Morgan fingerprint density at radius 3 is 1.33 bits per heavy atom. The Morgan fingerprint density at radius 1 is 1.00 bits per heavy atom. The third-order valence-electron chi connectivity index (χ3n) is 0.918. The van der Waals surface area contributed by atoms with Crippen LogP contribution in [0.25, 0.3) is 0 Å². The van der Waals surface area contributed by atoms with Gasteiger partial charge in [0.1, 0.15) is 9.75 Å². The van der Waals surface area contributed by atoms with Gasteiger partial charge in [-0.2, -0.15) is 0 Å². The van der Waals surface area contributed by atoms with Crippen molar-refractivity contribution in [2.24, 2.45) is 0 Å². The molecule has 1 heterocycles. The van der Waals surface area contributed by atoms with Crippen LogP contribution in [0.3, 0.4) is 0 Å². The molecule has 12 heavy (non-hydrogen) atoms. The van der Waals surface area contributed by atoms with E-state index in [4.69, 9.17) is 40.2 Å². The van der Waals surface area contributed by atoms with Crippen LogP contribution in [0.15, 0.2) is 12.1 Å². The van der Waals surface area contributed by atoms with Crippen LogP contribution in [0.5, 0.6) is 0 Å². The molecule has 6 heteroatoms. The summed E-state index contributed by atoms with van der Waals surface area (Å²) in [6.07, 6.45) is 0. The Balaban J connectivity index is 0.000000217. The van der Waals surface area contributed by atoms with Crippen LogP contribution < -0.4 is 0 Å². The molecule has 0 N–H and O–H groups in total. The van der Waals surface area contributed by atoms with E-state index in [0.29, 0.717) is 0 Å². The van der Waals surface area contributed by atoms with Gasteiger partial charge in [-0.25, -0.2) is 0 Å². The number of hydrogen-bond donors (Lipinski definition) is 0. The van der Waals surface area contributed by atoms with Crippen molar-refractivity contribution in [3.05, 3.63) is 21.9 Å². The minimum Gasteiger partial charge on any atom is -0.391 e. The summed E-state index contributed by atoms with van der Waals surface area (Å²) in [6, 6.07) is 4.33. The minimum atomic E-state index is -2.94. The van der Waals surface area contributed by atoms with Gasteiger partial charge in [0.05, 0.1) is 0 Å². The molecule has 0 aliphatic heterocycles. The van der Waals surface area contributed by atoms with E-state index in [1.54, 1.807) is 0 Å². The van der Waals surface area contributed by atoms with E-state index in [2.05, 4.69) is 26.0 Å². The zero-order chi connectivity index (χ0) is 9.78. The molecule has 1 aromatic heterocycles. The molecule has 0 nitrogen and oxygen atoms in total. The summed E-state index contributed by atoms with van der Waals surface area (Å²) in [4.78, 5) is 2.91. The van der Waals surface area contributed by atoms with Crippen molar-refractivity contribution in [3.8, 4) is 0 Å². The molecule has 0 aliphatic carbocycles. The molecule has 0 amide bonds. The molecular weight excluding hydrogens is 273 g/mol. The van der Waals surface area contributed by atoms with Crippen LogP contribution in [-0.2, 0) is 0 Å². The number of hydrogen-bond acceptors (Lipinski definition) is 0. The zero-order valence-corrected chi connectivity index (χ0v) is 11.8. The Labute approximate surface area is 95.9 Å². The van der Waals surface area contributed by atoms with Crippen LogP contribution in [0.2, 0.25) is 0 Å². The lowest BCUT2D eigenvalue weighted by atomic mass is 10.5. The van der Waals surface area contributed by atoms with Gasteiger partial charge >= 0.3 is 9.39 Å². The lowest BCUT2D eigenvalue weighted by Crippen LogP contribution is -1.91. The Bertz CT molecular complexity index is 207. The standard InChI is InChI=1S/C6H8S.Al.4ClH/c1-5-3-4-6(2)7-5;;;;;/h3-4H,1-2H3;;4*1H/q;+3;;;;/p-3. The third kappa shape index (κ3) is 11.4. The first-order valence-corrected chi connectivity index (χ1v) is 11.1. The molecule has 1 rings (SSSR count). The molecule has 0 radical (unpaired) electrons. The molecule has 0 aromatic carbocycles. The Kier molecular flexibility index (Phi) is 6.68. The maximum absolute atomic E-state index is 4.99. The van der Waals surface area contributed by atoms with Gasteiger partial charge in [-0.1, -0.05) is 0 Å². The summed E-state index contributed by atoms with van der Waals surface area (Å²) in [5, 5.41) is 0. The molecule has 1 aromatic rings. The lowest BCUT2D eigenvalue weighted by Gasteiger charge is -1.97. The second-order valence-corrected chi connectivity index (χ2v) is 16.7. The van der Waals surface area contributed by atoms with Gasteiger partial charge in [-0.05, 0) is 23.5 Å². The van der Waals surface area contributed by atoms with Gasteiger partial charge in [-0.15, -0.1) is 0 Å². The van der Waals surface area contributed by atoms with Crippen LogP contribution in [0.4, 0.5) is 0 Å². The van der Waals surface area contributed by atoms with Gasteiger partial charge in [0.2, 0.25) is 0 Å². The van der Waals surface area contributed by atoms with Gasteiger partial charge in [0, 0.05) is 13.8 Å². The fourth-order valence-electron chi connectivity index (χ4n) is 0.594. The number of thiophene rings is 1. The van der Waals surface area contributed by atoms with Crippen LogP contribution >= 0.6 is 51.5 Å². The summed E-state index contributed by atoms with van der Waals surface area (Å²) in [5.41, 5.74) is 0. The van der Waals surface area contributed by atoms with E-state index < -0.39 is 9.39 Å². The van der Waals surface area contributed by atoms with Gasteiger partial charge < -0.3 is 40.2 Å². The lowest BCUT2D eigenvalue weighted by molar-refractivity contribution is 1.61. The molecule has 0 unspecified atom stereocenters. The van der Waals surface area contributed by atoms with Crippen molar-refractivity contribution in [2.45, 2.75) is 13.8 Å². The SMILES string of the molecule is Cc1ccc(C)[sH+]1.[Cl][Al-]([Cl])([Cl])[Cl]. The van der Waals surface area contributed by atoms with Crippen molar-refractivity contribution in [3.63, 3.8) is 0 Å². The van der Waals surface area contributed by atoms with Crippen molar-refractivity contribution >= 4 is 60.9 Å². The van der Waals surface area contributed by atoms with Gasteiger partial charge in [0.25, 0.3) is 0 Å². The Hall–Kier alpha value is 1.39. The average Bonchev–Trinajstić information content (AvgIpc) is 2.09. The van der Waals surface area contributed by atoms with E-state index in [-0.39, 0.29) is 0 Å². The predicted molar refractivity (Wildman–Crippen MR) is 64.4 cm³/mol. The summed E-state index contributed by atoms with van der Waals surface area (Å²) in [5.74, 6) is 0. The van der Waals surface area contributed by atoms with Crippen molar-refractivity contribution in [1.29, 1.82) is 0 Å². The van der Waals surface area contributed by atoms with Crippen LogP contribution in [0.1, 0.15) is 9.75 Å². The van der Waals surface area contributed by atoms with Crippen molar-refractivity contribution < 1.29 is 0 Å².